The fourth-order valence-corrected chi connectivity index (χ4v) is 2.91. The van der Waals surface area contributed by atoms with Gasteiger partial charge in [-0.15, -0.1) is 0 Å². The van der Waals surface area contributed by atoms with Gasteiger partial charge in [0.1, 0.15) is 5.75 Å². The number of carbonyl (C=O) groups is 1. The summed E-state index contributed by atoms with van der Waals surface area (Å²) < 4.78 is 11.4. The van der Waals surface area contributed by atoms with Gasteiger partial charge < -0.3 is 14.8 Å². The average Bonchev–Trinajstić information content (AvgIpc) is 2.54. The van der Waals surface area contributed by atoms with Gasteiger partial charge in [0.25, 0.3) is 5.91 Å². The van der Waals surface area contributed by atoms with Crippen molar-refractivity contribution in [1.82, 2.24) is 10.2 Å². The van der Waals surface area contributed by atoms with Crippen molar-refractivity contribution in [3.63, 3.8) is 0 Å². The van der Waals surface area contributed by atoms with Crippen LogP contribution >= 0.6 is 11.6 Å². The summed E-state index contributed by atoms with van der Waals surface area (Å²) in [6.07, 6.45) is -0.589. The van der Waals surface area contributed by atoms with Crippen LogP contribution in [-0.2, 0) is 9.53 Å². The molecular formula is C18H27ClN2O3. The fraction of sp³-hybridized carbons (Fsp3) is 0.611. The first-order chi connectivity index (χ1) is 11.5. The van der Waals surface area contributed by atoms with Crippen LogP contribution in [0.25, 0.3) is 0 Å². The third-order valence-electron chi connectivity index (χ3n) is 3.86. The lowest BCUT2D eigenvalue weighted by Gasteiger charge is -2.34. The smallest absolute Gasteiger partial charge is 0.260 e. The molecule has 0 saturated carbocycles. The minimum Gasteiger partial charge on any atom is -0.479 e. The first-order valence-electron chi connectivity index (χ1n) is 8.48. The summed E-state index contributed by atoms with van der Waals surface area (Å²) in [4.78, 5) is 14.6. The Balaban J connectivity index is 1.76. The lowest BCUT2D eigenvalue weighted by atomic mass is 10.2. The molecular weight excluding hydrogens is 328 g/mol. The van der Waals surface area contributed by atoms with E-state index in [2.05, 4.69) is 24.1 Å². The summed E-state index contributed by atoms with van der Waals surface area (Å²) in [5, 5.41) is 3.40. The van der Waals surface area contributed by atoms with Crippen LogP contribution in [0.15, 0.2) is 24.3 Å². The molecule has 0 aromatic heterocycles. The SMILES string of the molecule is CC(C)CN1CCOC(CNC(=O)C(C)Oc2ccccc2Cl)C1. The van der Waals surface area contributed by atoms with E-state index in [-0.39, 0.29) is 12.0 Å². The normalized spacial score (nSPS) is 20.0. The molecule has 1 heterocycles. The second-order valence-corrected chi connectivity index (χ2v) is 6.99. The van der Waals surface area contributed by atoms with Crippen LogP contribution in [-0.4, -0.2) is 55.8 Å². The van der Waals surface area contributed by atoms with Crippen molar-refractivity contribution in [3.05, 3.63) is 29.3 Å². The minimum absolute atomic E-state index is 0.0222. The number of nitrogens with zero attached hydrogens (tertiary/aromatic N) is 1. The predicted molar refractivity (Wildman–Crippen MR) is 95.6 cm³/mol. The van der Waals surface area contributed by atoms with Crippen LogP contribution < -0.4 is 10.1 Å². The highest BCUT2D eigenvalue weighted by atomic mass is 35.5. The summed E-state index contributed by atoms with van der Waals surface area (Å²) in [6.45, 7) is 10.2. The minimum atomic E-state index is -0.611. The van der Waals surface area contributed by atoms with Gasteiger partial charge in [-0.1, -0.05) is 37.6 Å². The molecule has 1 amide bonds. The molecule has 0 spiro atoms. The van der Waals surface area contributed by atoms with Crippen LogP contribution in [0, 0.1) is 5.92 Å². The zero-order chi connectivity index (χ0) is 17.5. The molecule has 1 saturated heterocycles. The Hall–Kier alpha value is -1.30. The van der Waals surface area contributed by atoms with Gasteiger partial charge >= 0.3 is 0 Å². The number of carbonyl (C=O) groups excluding carboxylic acids is 1. The van der Waals surface area contributed by atoms with Crippen molar-refractivity contribution in [2.24, 2.45) is 5.92 Å². The van der Waals surface area contributed by atoms with E-state index in [9.17, 15) is 4.79 Å². The van der Waals surface area contributed by atoms with Crippen LogP contribution in [0.1, 0.15) is 20.8 Å². The Morgan fingerprint density at radius 3 is 2.88 bits per heavy atom. The molecule has 0 aliphatic carbocycles. The van der Waals surface area contributed by atoms with E-state index in [4.69, 9.17) is 21.1 Å². The fourth-order valence-electron chi connectivity index (χ4n) is 2.73. The number of morpholine rings is 1. The monoisotopic (exact) mass is 354 g/mol. The second-order valence-electron chi connectivity index (χ2n) is 6.58. The van der Waals surface area contributed by atoms with Crippen LogP contribution in [0.5, 0.6) is 5.75 Å². The van der Waals surface area contributed by atoms with Gasteiger partial charge in [-0.05, 0) is 25.0 Å². The highest BCUT2D eigenvalue weighted by Crippen LogP contribution is 2.24. The third-order valence-corrected chi connectivity index (χ3v) is 4.17. The van der Waals surface area contributed by atoms with Gasteiger partial charge in [-0.3, -0.25) is 9.69 Å². The van der Waals surface area contributed by atoms with Gasteiger partial charge in [0, 0.05) is 26.2 Å². The van der Waals surface area contributed by atoms with Gasteiger partial charge in [-0.2, -0.15) is 0 Å². The van der Waals surface area contributed by atoms with Gasteiger partial charge in [0.05, 0.1) is 17.7 Å². The second kappa shape index (κ2) is 9.25. The maximum atomic E-state index is 12.2. The number of hydrogen-bond donors (Lipinski definition) is 1. The molecule has 2 unspecified atom stereocenters. The first kappa shape index (κ1) is 19.0. The molecule has 0 bridgehead atoms. The van der Waals surface area contributed by atoms with Crippen molar-refractivity contribution in [2.45, 2.75) is 33.0 Å². The van der Waals surface area contributed by atoms with Gasteiger partial charge in [-0.25, -0.2) is 0 Å². The number of amides is 1. The van der Waals surface area contributed by atoms with E-state index in [0.29, 0.717) is 29.8 Å². The topological polar surface area (TPSA) is 50.8 Å². The summed E-state index contributed by atoms with van der Waals surface area (Å²) in [6, 6.07) is 7.13. The summed E-state index contributed by atoms with van der Waals surface area (Å²) in [5.74, 6) is 0.973. The standard InChI is InChI=1S/C18H27ClN2O3/c1-13(2)11-21-8-9-23-15(12-21)10-20-18(22)14(3)24-17-7-5-4-6-16(17)19/h4-7,13-15H,8-12H2,1-3H3,(H,20,22). The molecule has 1 aromatic rings. The highest BCUT2D eigenvalue weighted by Gasteiger charge is 2.23. The van der Waals surface area contributed by atoms with Gasteiger partial charge in [0.15, 0.2) is 6.10 Å². The number of halogens is 1. The van der Waals surface area contributed by atoms with Crippen LogP contribution in [0.3, 0.4) is 0 Å². The Labute approximate surface area is 149 Å². The van der Waals surface area contributed by atoms with Crippen LogP contribution in [0.2, 0.25) is 5.02 Å². The number of para-hydroxylation sites is 1. The molecule has 0 radical (unpaired) electrons. The molecule has 1 aliphatic heterocycles. The van der Waals surface area contributed by atoms with E-state index in [1.165, 1.54) is 0 Å². The van der Waals surface area contributed by atoms with E-state index in [0.717, 1.165) is 19.6 Å². The van der Waals surface area contributed by atoms with Crippen molar-refractivity contribution in [1.29, 1.82) is 0 Å². The Bertz CT molecular complexity index is 539. The molecule has 6 heteroatoms. The third kappa shape index (κ3) is 5.96. The zero-order valence-electron chi connectivity index (χ0n) is 14.6. The number of rotatable bonds is 7. The molecule has 24 heavy (non-hydrogen) atoms. The predicted octanol–water partition coefficient (Wildman–Crippen LogP) is 2.58. The zero-order valence-corrected chi connectivity index (χ0v) is 15.4. The molecule has 1 aromatic carbocycles. The molecule has 134 valence electrons. The molecule has 1 fully saturated rings. The average molecular weight is 355 g/mol. The van der Waals surface area contributed by atoms with Crippen molar-refractivity contribution in [2.75, 3.05) is 32.8 Å². The van der Waals surface area contributed by atoms with Crippen molar-refractivity contribution < 1.29 is 14.3 Å². The molecule has 2 atom stereocenters. The lowest BCUT2D eigenvalue weighted by Crippen LogP contribution is -2.49. The summed E-state index contributed by atoms with van der Waals surface area (Å²) in [7, 11) is 0. The quantitative estimate of drug-likeness (QED) is 0.817. The summed E-state index contributed by atoms with van der Waals surface area (Å²) >= 11 is 6.05. The number of ether oxygens (including phenoxy) is 2. The Morgan fingerprint density at radius 1 is 1.42 bits per heavy atom. The maximum Gasteiger partial charge on any atom is 0.260 e. The van der Waals surface area contributed by atoms with E-state index in [1.807, 2.05) is 12.1 Å². The number of benzene rings is 1. The maximum absolute atomic E-state index is 12.2. The largest absolute Gasteiger partial charge is 0.479 e. The lowest BCUT2D eigenvalue weighted by molar-refractivity contribution is -0.128. The van der Waals surface area contributed by atoms with E-state index < -0.39 is 6.10 Å². The van der Waals surface area contributed by atoms with Gasteiger partial charge in [0.2, 0.25) is 0 Å². The number of hydrogen-bond acceptors (Lipinski definition) is 4. The highest BCUT2D eigenvalue weighted by molar-refractivity contribution is 6.32. The molecule has 5 nitrogen and oxygen atoms in total. The van der Waals surface area contributed by atoms with Crippen molar-refractivity contribution in [3.8, 4) is 5.75 Å². The Morgan fingerprint density at radius 2 is 2.17 bits per heavy atom. The van der Waals surface area contributed by atoms with E-state index >= 15 is 0 Å². The summed E-state index contributed by atoms with van der Waals surface area (Å²) in [5.41, 5.74) is 0. The van der Waals surface area contributed by atoms with Crippen molar-refractivity contribution >= 4 is 17.5 Å². The molecule has 1 aliphatic rings. The van der Waals surface area contributed by atoms with E-state index in [1.54, 1.807) is 19.1 Å². The first-order valence-corrected chi connectivity index (χ1v) is 8.86. The Kier molecular flexibility index (Phi) is 7.34. The van der Waals surface area contributed by atoms with Crippen LogP contribution in [0.4, 0.5) is 0 Å². The molecule has 2 rings (SSSR count). The molecule has 1 N–H and O–H groups in total. The number of nitrogens with one attached hydrogen (secondary N) is 1.